The van der Waals surface area contributed by atoms with Gasteiger partial charge in [0.25, 0.3) is 5.69 Å². The average Bonchev–Trinajstić information content (AvgIpc) is 2.37. The SMILES string of the molecule is CCOC(=O)CC(=O)c1cc([N+](=O)[O-])c(C)cc1OC. The summed E-state index contributed by atoms with van der Waals surface area (Å²) >= 11 is 0. The van der Waals surface area contributed by atoms with Crippen molar-refractivity contribution in [2.24, 2.45) is 0 Å². The van der Waals surface area contributed by atoms with Crippen LogP contribution in [0.25, 0.3) is 0 Å². The monoisotopic (exact) mass is 281 g/mol. The number of ether oxygens (including phenoxy) is 2. The number of ketones is 1. The standard InChI is InChI=1S/C13H15NO6/c1-4-20-13(16)7-11(15)9-6-10(14(17)18)8(2)5-12(9)19-3/h5-6H,4,7H2,1-3H3. The van der Waals surface area contributed by atoms with E-state index in [9.17, 15) is 19.7 Å². The van der Waals surface area contributed by atoms with Gasteiger partial charge < -0.3 is 9.47 Å². The van der Waals surface area contributed by atoms with E-state index in [1.807, 2.05) is 0 Å². The number of benzene rings is 1. The predicted octanol–water partition coefficient (Wildman–Crippen LogP) is 2.05. The van der Waals surface area contributed by atoms with E-state index in [1.54, 1.807) is 13.8 Å². The Bertz CT molecular complexity index is 552. The number of esters is 1. The molecule has 0 saturated carbocycles. The molecule has 0 fully saturated rings. The number of Topliss-reactive ketones (excluding diaryl/α,β-unsaturated/α-hetero) is 1. The van der Waals surface area contributed by atoms with E-state index in [4.69, 9.17) is 4.74 Å². The Balaban J connectivity index is 3.15. The largest absolute Gasteiger partial charge is 0.496 e. The summed E-state index contributed by atoms with van der Waals surface area (Å²) in [4.78, 5) is 33.6. The van der Waals surface area contributed by atoms with Gasteiger partial charge in [-0.1, -0.05) is 0 Å². The van der Waals surface area contributed by atoms with Gasteiger partial charge in [0.2, 0.25) is 0 Å². The highest BCUT2D eigenvalue weighted by Gasteiger charge is 2.22. The van der Waals surface area contributed by atoms with Gasteiger partial charge in [-0.3, -0.25) is 19.7 Å². The molecule has 0 unspecified atom stereocenters. The van der Waals surface area contributed by atoms with Crippen molar-refractivity contribution in [3.63, 3.8) is 0 Å². The zero-order chi connectivity index (χ0) is 15.3. The van der Waals surface area contributed by atoms with Gasteiger partial charge >= 0.3 is 5.97 Å². The van der Waals surface area contributed by atoms with Gasteiger partial charge in [0.15, 0.2) is 5.78 Å². The number of methoxy groups -OCH3 is 1. The Labute approximate surface area is 115 Å². The second-order valence-corrected chi connectivity index (χ2v) is 4.00. The van der Waals surface area contributed by atoms with Crippen molar-refractivity contribution >= 4 is 17.4 Å². The van der Waals surface area contributed by atoms with Crippen molar-refractivity contribution in [3.8, 4) is 5.75 Å². The number of nitrogens with zero attached hydrogens (tertiary/aromatic N) is 1. The lowest BCUT2D eigenvalue weighted by Gasteiger charge is -2.09. The Morgan fingerprint density at radius 3 is 2.50 bits per heavy atom. The zero-order valence-corrected chi connectivity index (χ0v) is 11.5. The van der Waals surface area contributed by atoms with Crippen molar-refractivity contribution in [2.75, 3.05) is 13.7 Å². The zero-order valence-electron chi connectivity index (χ0n) is 11.5. The van der Waals surface area contributed by atoms with Crippen molar-refractivity contribution < 1.29 is 24.0 Å². The van der Waals surface area contributed by atoms with Gasteiger partial charge in [-0.25, -0.2) is 0 Å². The van der Waals surface area contributed by atoms with Gasteiger partial charge in [-0.15, -0.1) is 0 Å². The summed E-state index contributed by atoms with van der Waals surface area (Å²) in [6.45, 7) is 3.33. The molecule has 0 bridgehead atoms. The second kappa shape index (κ2) is 6.65. The van der Waals surface area contributed by atoms with Crippen LogP contribution in [0.2, 0.25) is 0 Å². The summed E-state index contributed by atoms with van der Waals surface area (Å²) in [5.74, 6) is -1.06. The number of carbonyl (C=O) groups excluding carboxylic acids is 2. The third-order valence-corrected chi connectivity index (χ3v) is 2.63. The molecule has 1 aromatic carbocycles. The molecule has 0 heterocycles. The van der Waals surface area contributed by atoms with E-state index in [1.165, 1.54) is 13.2 Å². The molecular formula is C13H15NO6. The molecule has 0 aromatic heterocycles. The van der Waals surface area contributed by atoms with Crippen LogP contribution in [-0.4, -0.2) is 30.4 Å². The molecule has 108 valence electrons. The van der Waals surface area contributed by atoms with Crippen LogP contribution in [0, 0.1) is 17.0 Å². The fraction of sp³-hybridized carbons (Fsp3) is 0.385. The van der Waals surface area contributed by atoms with E-state index in [2.05, 4.69) is 4.74 Å². The summed E-state index contributed by atoms with van der Waals surface area (Å²) < 4.78 is 9.70. The van der Waals surface area contributed by atoms with E-state index in [0.717, 1.165) is 6.07 Å². The lowest BCUT2D eigenvalue weighted by molar-refractivity contribution is -0.385. The third-order valence-electron chi connectivity index (χ3n) is 2.63. The van der Waals surface area contributed by atoms with Crippen LogP contribution in [0.5, 0.6) is 5.75 Å². The molecule has 20 heavy (non-hydrogen) atoms. The van der Waals surface area contributed by atoms with E-state index < -0.39 is 23.1 Å². The molecule has 7 nitrogen and oxygen atoms in total. The topological polar surface area (TPSA) is 95.7 Å². The molecule has 1 aromatic rings. The fourth-order valence-electron chi connectivity index (χ4n) is 1.69. The van der Waals surface area contributed by atoms with Crippen molar-refractivity contribution in [3.05, 3.63) is 33.4 Å². The first kappa shape index (κ1) is 15.6. The van der Waals surface area contributed by atoms with Gasteiger partial charge in [-0.05, 0) is 19.9 Å². The van der Waals surface area contributed by atoms with Crippen LogP contribution in [0.15, 0.2) is 12.1 Å². The maximum atomic E-state index is 12.0. The minimum atomic E-state index is -0.678. The number of aryl methyl sites for hydroxylation is 1. The molecule has 0 saturated heterocycles. The van der Waals surface area contributed by atoms with Crippen LogP contribution in [0.4, 0.5) is 5.69 Å². The molecule has 0 amide bonds. The molecular weight excluding hydrogens is 266 g/mol. The molecule has 0 N–H and O–H groups in total. The minimum absolute atomic E-state index is 0.00199. The van der Waals surface area contributed by atoms with Gasteiger partial charge in [0.05, 0.1) is 24.2 Å². The Morgan fingerprint density at radius 1 is 1.35 bits per heavy atom. The van der Waals surface area contributed by atoms with Crippen LogP contribution in [0.1, 0.15) is 29.3 Å². The normalized spacial score (nSPS) is 9.95. The number of rotatable bonds is 6. The number of hydrogen-bond donors (Lipinski definition) is 0. The molecule has 0 atom stereocenters. The Hall–Kier alpha value is -2.44. The predicted molar refractivity (Wildman–Crippen MR) is 70.0 cm³/mol. The Morgan fingerprint density at radius 2 is 2.00 bits per heavy atom. The quantitative estimate of drug-likeness (QED) is 0.260. The molecule has 0 spiro atoms. The number of hydrogen-bond acceptors (Lipinski definition) is 6. The van der Waals surface area contributed by atoms with Gasteiger partial charge in [0.1, 0.15) is 12.2 Å². The third kappa shape index (κ3) is 3.53. The molecule has 7 heteroatoms. The molecule has 0 aliphatic carbocycles. The first-order valence-corrected chi connectivity index (χ1v) is 5.92. The molecule has 0 aliphatic rings. The number of nitro groups is 1. The van der Waals surface area contributed by atoms with E-state index >= 15 is 0 Å². The van der Waals surface area contributed by atoms with Gasteiger partial charge in [-0.2, -0.15) is 0 Å². The highest BCUT2D eigenvalue weighted by atomic mass is 16.6. The second-order valence-electron chi connectivity index (χ2n) is 4.00. The summed E-state index contributed by atoms with van der Waals surface area (Å²) in [6, 6.07) is 2.52. The summed E-state index contributed by atoms with van der Waals surface area (Å²) in [5.41, 5.74) is 0.176. The van der Waals surface area contributed by atoms with Crippen molar-refractivity contribution in [2.45, 2.75) is 20.3 Å². The van der Waals surface area contributed by atoms with E-state index in [-0.39, 0.29) is 23.6 Å². The number of carbonyl (C=O) groups is 2. The maximum absolute atomic E-state index is 12.0. The highest BCUT2D eigenvalue weighted by molar-refractivity contribution is 6.08. The van der Waals surface area contributed by atoms with Crippen LogP contribution in [0.3, 0.4) is 0 Å². The summed E-state index contributed by atoms with van der Waals surface area (Å²) in [6.07, 6.45) is -0.482. The average molecular weight is 281 g/mol. The maximum Gasteiger partial charge on any atom is 0.313 e. The van der Waals surface area contributed by atoms with Crippen molar-refractivity contribution in [1.29, 1.82) is 0 Å². The van der Waals surface area contributed by atoms with Crippen LogP contribution < -0.4 is 4.74 Å². The molecule has 0 radical (unpaired) electrons. The Kier molecular flexibility index (Phi) is 5.19. The minimum Gasteiger partial charge on any atom is -0.496 e. The lowest BCUT2D eigenvalue weighted by atomic mass is 10.0. The lowest BCUT2D eigenvalue weighted by Crippen LogP contribution is -2.12. The van der Waals surface area contributed by atoms with E-state index in [0.29, 0.717) is 5.56 Å². The number of nitro benzene ring substituents is 1. The first-order valence-electron chi connectivity index (χ1n) is 5.92. The van der Waals surface area contributed by atoms with Crippen LogP contribution in [-0.2, 0) is 9.53 Å². The highest BCUT2D eigenvalue weighted by Crippen LogP contribution is 2.29. The van der Waals surface area contributed by atoms with Gasteiger partial charge in [0, 0.05) is 11.6 Å². The first-order chi connectivity index (χ1) is 9.40. The summed E-state index contributed by atoms with van der Waals surface area (Å²) in [7, 11) is 1.35. The van der Waals surface area contributed by atoms with Crippen molar-refractivity contribution in [1.82, 2.24) is 0 Å². The summed E-state index contributed by atoms with van der Waals surface area (Å²) in [5, 5.41) is 10.9. The smallest absolute Gasteiger partial charge is 0.313 e. The molecule has 0 aliphatic heterocycles. The molecule has 1 rings (SSSR count). The fourth-order valence-corrected chi connectivity index (χ4v) is 1.69. The van der Waals surface area contributed by atoms with Crippen LogP contribution >= 0.6 is 0 Å².